The lowest BCUT2D eigenvalue weighted by Crippen LogP contribution is -2.39. The Balaban J connectivity index is 0.00000264. The van der Waals surface area contributed by atoms with E-state index in [-0.39, 0.29) is 24.0 Å². The second kappa shape index (κ2) is 13.0. The fourth-order valence-electron chi connectivity index (χ4n) is 2.74. The van der Waals surface area contributed by atoms with Gasteiger partial charge in [-0.05, 0) is 37.1 Å². The summed E-state index contributed by atoms with van der Waals surface area (Å²) < 4.78 is 5.93. The summed E-state index contributed by atoms with van der Waals surface area (Å²) in [5, 5.41) is 8.82. The SMILES string of the molecule is CN=C(NCCCOC1CCCCC1)NCCc1cccs1.I. The van der Waals surface area contributed by atoms with Crippen molar-refractivity contribution in [3.05, 3.63) is 22.4 Å². The van der Waals surface area contributed by atoms with Crippen molar-refractivity contribution in [3.8, 4) is 0 Å². The fraction of sp³-hybridized carbons (Fsp3) is 0.706. The van der Waals surface area contributed by atoms with E-state index in [1.807, 2.05) is 7.05 Å². The highest BCUT2D eigenvalue weighted by atomic mass is 127. The minimum atomic E-state index is 0. The number of nitrogens with zero attached hydrogens (tertiary/aromatic N) is 1. The van der Waals surface area contributed by atoms with Gasteiger partial charge in [0.05, 0.1) is 6.10 Å². The zero-order chi connectivity index (χ0) is 15.5. The van der Waals surface area contributed by atoms with E-state index in [0.717, 1.165) is 38.5 Å². The number of rotatable bonds is 8. The molecule has 0 aromatic carbocycles. The van der Waals surface area contributed by atoms with Crippen molar-refractivity contribution >= 4 is 41.3 Å². The largest absolute Gasteiger partial charge is 0.378 e. The zero-order valence-electron chi connectivity index (χ0n) is 14.1. The average molecular weight is 451 g/mol. The summed E-state index contributed by atoms with van der Waals surface area (Å²) in [6, 6.07) is 4.27. The molecule has 1 aliphatic carbocycles. The number of aliphatic imine (C=N–C) groups is 1. The lowest BCUT2D eigenvalue weighted by molar-refractivity contribution is 0.0277. The van der Waals surface area contributed by atoms with E-state index in [1.165, 1.54) is 37.0 Å². The van der Waals surface area contributed by atoms with Crippen LogP contribution in [0.5, 0.6) is 0 Å². The van der Waals surface area contributed by atoms with E-state index >= 15 is 0 Å². The molecule has 1 fully saturated rings. The molecule has 1 aliphatic rings. The number of guanidine groups is 1. The molecule has 0 radical (unpaired) electrons. The smallest absolute Gasteiger partial charge is 0.190 e. The van der Waals surface area contributed by atoms with Gasteiger partial charge >= 0.3 is 0 Å². The Hall–Kier alpha value is -0.340. The van der Waals surface area contributed by atoms with Crippen LogP contribution in [0.2, 0.25) is 0 Å². The van der Waals surface area contributed by atoms with Crippen LogP contribution in [-0.2, 0) is 11.2 Å². The van der Waals surface area contributed by atoms with Gasteiger partial charge in [-0.2, -0.15) is 0 Å². The first-order valence-electron chi connectivity index (χ1n) is 8.47. The number of nitrogens with one attached hydrogen (secondary N) is 2. The van der Waals surface area contributed by atoms with Crippen molar-refractivity contribution in [2.45, 2.75) is 51.0 Å². The van der Waals surface area contributed by atoms with Gasteiger partial charge in [-0.15, -0.1) is 35.3 Å². The molecule has 1 heterocycles. The molecule has 0 saturated heterocycles. The van der Waals surface area contributed by atoms with Crippen LogP contribution in [0.1, 0.15) is 43.4 Å². The van der Waals surface area contributed by atoms with Gasteiger partial charge in [-0.1, -0.05) is 25.3 Å². The van der Waals surface area contributed by atoms with Crippen molar-refractivity contribution in [2.24, 2.45) is 4.99 Å². The highest BCUT2D eigenvalue weighted by Gasteiger charge is 2.12. The fourth-order valence-corrected chi connectivity index (χ4v) is 3.45. The summed E-state index contributed by atoms with van der Waals surface area (Å²) in [7, 11) is 1.82. The molecule has 2 rings (SSSR count). The van der Waals surface area contributed by atoms with Crippen LogP contribution in [0, 0.1) is 0 Å². The predicted octanol–water partition coefficient (Wildman–Crippen LogP) is 3.81. The number of hydrogen-bond acceptors (Lipinski definition) is 3. The zero-order valence-corrected chi connectivity index (χ0v) is 17.2. The minimum Gasteiger partial charge on any atom is -0.378 e. The van der Waals surface area contributed by atoms with Crippen LogP contribution in [-0.4, -0.2) is 38.8 Å². The Morgan fingerprint density at radius 1 is 1.26 bits per heavy atom. The molecule has 0 spiro atoms. The van der Waals surface area contributed by atoms with Crippen molar-refractivity contribution in [1.82, 2.24) is 10.6 Å². The third-order valence-corrected chi connectivity index (χ3v) is 4.92. The Labute approximate surface area is 161 Å². The third kappa shape index (κ3) is 8.91. The highest BCUT2D eigenvalue weighted by molar-refractivity contribution is 14.0. The summed E-state index contributed by atoms with van der Waals surface area (Å²) >= 11 is 1.80. The first kappa shape index (κ1) is 20.7. The highest BCUT2D eigenvalue weighted by Crippen LogP contribution is 2.20. The molecule has 23 heavy (non-hydrogen) atoms. The lowest BCUT2D eigenvalue weighted by atomic mass is 9.98. The van der Waals surface area contributed by atoms with Crippen molar-refractivity contribution in [1.29, 1.82) is 0 Å². The Morgan fingerprint density at radius 2 is 2.04 bits per heavy atom. The summed E-state index contributed by atoms with van der Waals surface area (Å²) in [4.78, 5) is 5.66. The van der Waals surface area contributed by atoms with Gasteiger partial charge in [0.25, 0.3) is 0 Å². The molecule has 0 bridgehead atoms. The number of ether oxygens (including phenoxy) is 1. The second-order valence-corrected chi connectivity index (χ2v) is 6.77. The van der Waals surface area contributed by atoms with Crippen molar-refractivity contribution in [3.63, 3.8) is 0 Å². The van der Waals surface area contributed by atoms with Crippen LogP contribution in [0.3, 0.4) is 0 Å². The summed E-state index contributed by atoms with van der Waals surface area (Å²) in [6.45, 7) is 2.67. The second-order valence-electron chi connectivity index (χ2n) is 5.74. The molecule has 0 aliphatic heterocycles. The van der Waals surface area contributed by atoms with Gasteiger partial charge in [-0.3, -0.25) is 4.99 Å². The quantitative estimate of drug-likeness (QED) is 0.274. The minimum absolute atomic E-state index is 0. The van der Waals surface area contributed by atoms with Gasteiger partial charge in [0.1, 0.15) is 0 Å². The van der Waals surface area contributed by atoms with E-state index in [4.69, 9.17) is 4.74 Å². The average Bonchev–Trinajstić information content (AvgIpc) is 3.07. The lowest BCUT2D eigenvalue weighted by Gasteiger charge is -2.22. The molecule has 0 amide bonds. The molecule has 0 atom stereocenters. The maximum Gasteiger partial charge on any atom is 0.190 e. The van der Waals surface area contributed by atoms with Crippen LogP contribution >= 0.6 is 35.3 Å². The summed E-state index contributed by atoms with van der Waals surface area (Å²) in [5.74, 6) is 0.884. The van der Waals surface area contributed by atoms with E-state index < -0.39 is 0 Å². The molecule has 4 nitrogen and oxygen atoms in total. The molecular weight excluding hydrogens is 421 g/mol. The number of hydrogen-bond donors (Lipinski definition) is 2. The Bertz CT molecular complexity index is 419. The normalized spacial score (nSPS) is 16.0. The van der Waals surface area contributed by atoms with Crippen molar-refractivity contribution < 1.29 is 4.74 Å². The van der Waals surface area contributed by atoms with Gasteiger partial charge in [-0.25, -0.2) is 0 Å². The van der Waals surface area contributed by atoms with E-state index in [9.17, 15) is 0 Å². The van der Waals surface area contributed by atoms with Gasteiger partial charge in [0.15, 0.2) is 5.96 Å². The van der Waals surface area contributed by atoms with Crippen LogP contribution in [0.25, 0.3) is 0 Å². The Morgan fingerprint density at radius 3 is 2.74 bits per heavy atom. The van der Waals surface area contributed by atoms with E-state index in [1.54, 1.807) is 11.3 Å². The first-order chi connectivity index (χ1) is 10.9. The first-order valence-corrected chi connectivity index (χ1v) is 9.35. The van der Waals surface area contributed by atoms with E-state index in [0.29, 0.717) is 6.10 Å². The molecule has 1 aromatic heterocycles. The topological polar surface area (TPSA) is 45.7 Å². The van der Waals surface area contributed by atoms with Gasteiger partial charge < -0.3 is 15.4 Å². The maximum atomic E-state index is 5.93. The summed E-state index contributed by atoms with van der Waals surface area (Å²) in [6.07, 6.45) is 9.14. The van der Waals surface area contributed by atoms with Gasteiger partial charge in [0.2, 0.25) is 0 Å². The monoisotopic (exact) mass is 451 g/mol. The molecular formula is C17H30IN3OS. The molecule has 0 unspecified atom stereocenters. The maximum absolute atomic E-state index is 5.93. The van der Waals surface area contributed by atoms with Crippen LogP contribution < -0.4 is 10.6 Å². The standard InChI is InChI=1S/C17H29N3OS.HI/c1-18-17(20-12-10-16-9-5-14-22-16)19-11-6-13-21-15-7-3-2-4-8-15;/h5,9,14-15H,2-4,6-8,10-13H2,1H3,(H2,18,19,20);1H. The molecule has 1 saturated carbocycles. The third-order valence-electron chi connectivity index (χ3n) is 3.99. The van der Waals surface area contributed by atoms with Crippen LogP contribution in [0.4, 0.5) is 0 Å². The van der Waals surface area contributed by atoms with Gasteiger partial charge in [0, 0.05) is 31.6 Å². The number of thiophene rings is 1. The molecule has 6 heteroatoms. The molecule has 132 valence electrons. The number of halogens is 1. The van der Waals surface area contributed by atoms with Crippen LogP contribution in [0.15, 0.2) is 22.5 Å². The van der Waals surface area contributed by atoms with E-state index in [2.05, 4.69) is 33.1 Å². The molecule has 1 aromatic rings. The predicted molar refractivity (Wildman–Crippen MR) is 110 cm³/mol. The summed E-state index contributed by atoms with van der Waals surface area (Å²) in [5.41, 5.74) is 0. The van der Waals surface area contributed by atoms with Crippen molar-refractivity contribution in [2.75, 3.05) is 26.7 Å². The Kier molecular flexibility index (Phi) is 11.7. The molecule has 2 N–H and O–H groups in total.